The molecule has 2 rings (SSSR count). The van der Waals surface area contributed by atoms with Gasteiger partial charge in [0, 0.05) is 83.2 Å². The molecule has 12 N–H and O–H groups in total. The largest absolute Gasteiger partial charge is 0.494 e. The van der Waals surface area contributed by atoms with Crippen molar-refractivity contribution >= 4 is 82.7 Å². The molecule has 0 heterocycles. The van der Waals surface area contributed by atoms with Crippen LogP contribution in [0.3, 0.4) is 0 Å². The molecule has 2 aromatic carbocycles. The maximum absolute atomic E-state index is 13.1. The number of ether oxygens (including phenoxy) is 10. The maximum atomic E-state index is 13.1. The van der Waals surface area contributed by atoms with Gasteiger partial charge in [0.1, 0.15) is 61.6 Å². The van der Waals surface area contributed by atoms with Gasteiger partial charge in [0.2, 0.25) is 47.3 Å². The van der Waals surface area contributed by atoms with E-state index in [1.807, 2.05) is 6.92 Å². The zero-order chi connectivity index (χ0) is 90.0. The Morgan fingerprint density at radius 3 is 0.902 bits per heavy atom. The first-order chi connectivity index (χ1) is 59.4. The van der Waals surface area contributed by atoms with Crippen molar-refractivity contribution in [3.8, 4) is 11.5 Å². The first-order valence-corrected chi connectivity index (χ1v) is 43.7. The number of ketones is 2. The summed E-state index contributed by atoms with van der Waals surface area (Å²) in [4.78, 5) is 169. The van der Waals surface area contributed by atoms with E-state index in [9.17, 15) is 77.3 Å². The molecule has 0 spiro atoms. The first kappa shape index (κ1) is 110. The second kappa shape index (κ2) is 74.2. The molecule has 0 fully saturated rings. The minimum atomic E-state index is -1.22. The number of aliphatic carboxylic acids is 2. The van der Waals surface area contributed by atoms with Crippen LogP contribution < -0.4 is 52.0 Å². The number of amides is 8. The molecule has 0 unspecified atom stereocenters. The summed E-state index contributed by atoms with van der Waals surface area (Å²) in [5, 5.41) is 58.4. The van der Waals surface area contributed by atoms with Crippen molar-refractivity contribution in [3.05, 3.63) is 59.7 Å². The van der Waals surface area contributed by atoms with E-state index in [0.717, 1.165) is 103 Å². The third-order valence-corrected chi connectivity index (χ3v) is 19.4. The third-order valence-electron chi connectivity index (χ3n) is 19.4. The van der Waals surface area contributed by atoms with Crippen molar-refractivity contribution < 1.29 is 135 Å². The van der Waals surface area contributed by atoms with Gasteiger partial charge in [-0.25, -0.2) is 19.2 Å². The lowest BCUT2D eigenvalue weighted by Crippen LogP contribution is -2.41. The van der Waals surface area contributed by atoms with Gasteiger partial charge in [0.25, 0.3) is 0 Å². The van der Waals surface area contributed by atoms with Crippen LogP contribution in [-0.4, -0.2) is 273 Å². The van der Waals surface area contributed by atoms with Crippen molar-refractivity contribution in [1.82, 2.24) is 42.5 Å². The van der Waals surface area contributed by atoms with Gasteiger partial charge in [-0.05, 0) is 120 Å². The molecule has 0 aliphatic carbocycles. The molecule has 8 amide bonds. The molecular formula is C87H140N8O28. The molecule has 0 aromatic heterocycles. The number of hydrogen-bond acceptors (Lipinski definition) is 24. The number of carboxylic acid groups (broad SMARTS) is 4. The highest BCUT2D eigenvalue weighted by atomic mass is 16.5. The van der Waals surface area contributed by atoms with Gasteiger partial charge in [-0.2, -0.15) is 0 Å². The lowest BCUT2D eigenvalue weighted by Gasteiger charge is -2.16. The number of unbranched alkanes of at least 4 members (excludes halogenated alkanes) is 18. The smallest absolute Gasteiger partial charge is 0.335 e. The lowest BCUT2D eigenvalue weighted by atomic mass is 9.87. The third kappa shape index (κ3) is 64.2. The minimum Gasteiger partial charge on any atom is -0.494 e. The lowest BCUT2D eigenvalue weighted by molar-refractivity contribution is -0.142. The fourth-order valence-corrected chi connectivity index (χ4v) is 12.2. The van der Waals surface area contributed by atoms with Crippen LogP contribution >= 0.6 is 0 Å². The fourth-order valence-electron chi connectivity index (χ4n) is 12.2. The Kier molecular flexibility index (Phi) is 66.2. The van der Waals surface area contributed by atoms with E-state index in [0.29, 0.717) is 89.2 Å². The van der Waals surface area contributed by atoms with Gasteiger partial charge < -0.3 is 110 Å². The summed E-state index contributed by atoms with van der Waals surface area (Å²) in [6.07, 6.45) is 21.3. The summed E-state index contributed by atoms with van der Waals surface area (Å²) in [6.45, 7) is 7.23. The predicted octanol–water partition coefficient (Wildman–Crippen LogP) is 7.01. The number of hydrogen-bond donors (Lipinski definition) is 12. The Bertz CT molecular complexity index is 3300. The van der Waals surface area contributed by atoms with Crippen LogP contribution in [0.2, 0.25) is 0 Å². The van der Waals surface area contributed by atoms with Crippen molar-refractivity contribution in [3.63, 3.8) is 0 Å². The van der Waals surface area contributed by atoms with E-state index >= 15 is 0 Å². The van der Waals surface area contributed by atoms with Crippen molar-refractivity contribution in [2.24, 2.45) is 11.8 Å². The molecule has 0 saturated heterocycles. The molecule has 0 bridgehead atoms. The minimum absolute atomic E-state index is 0.0000193. The average Bonchev–Trinajstić information content (AvgIpc) is 0.886. The normalized spacial score (nSPS) is 12.0. The van der Waals surface area contributed by atoms with Crippen LogP contribution in [0.1, 0.15) is 234 Å². The standard InChI is InChI=1S/C87H140N8O28/c1-66(25-19-21-41-88-80(102)62-118-57-55-116-51-45-92-82(104)64-120-59-53-114-49-43-90-76(98)39-37-73(86(110)111)94-78(100)27-17-13-9-5-3-7-11-15-23-47-122-71-33-29-68(30-34-71)84(106)107)75(97)61-70(67(2)96)26-20-22-42-89-81(103)63-119-58-56-117-52-46-93-83(105)65-121-60-54-115-50-44-91-77(99)40-38-74(87(112)113)95-79(101)28-18-14-10-6-4-8-12-16-24-48-123-72-35-31-69(32-36-72)85(108)109/h29-36,66,70,73-74H,3-28,37-65H2,1-2H3,(H,88,102)(H,89,103)(H,90,98)(H,91,99)(H,92,104)(H,93,105)(H,94,100)(H,95,101)(H,106,107)(H,108,109)(H,110,111)(H,112,113)/t66-,70+,73-,74-/m0/s1. The van der Waals surface area contributed by atoms with Gasteiger partial charge in [-0.15, -0.1) is 0 Å². The summed E-state index contributed by atoms with van der Waals surface area (Å²) in [5.74, 6) is -6.68. The number of rotatable bonds is 84. The summed E-state index contributed by atoms with van der Waals surface area (Å²) in [5.41, 5.74) is 0.438. The highest BCUT2D eigenvalue weighted by Gasteiger charge is 2.25. The SMILES string of the molecule is CC(=O)[C@H](CCCCNC(=O)COCCOCCNC(=O)COCCOCCNC(=O)CC[C@H](NC(=O)CCCCCCCCCCCOc1ccc(C(=O)O)cc1)C(=O)O)CC(=O)[C@@H](C)CCCCNC(=O)COCCOCCNC(=O)COCCOCCNC(=O)CC[C@H](NC(=O)CCCCCCCCCCCOc1ccc(C(=O)O)cc1)C(=O)O. The number of carboxylic acids is 4. The molecule has 0 aliphatic heterocycles. The first-order valence-electron chi connectivity index (χ1n) is 43.7. The highest BCUT2D eigenvalue weighted by Crippen LogP contribution is 2.21. The molecule has 36 heteroatoms. The van der Waals surface area contributed by atoms with E-state index in [-0.39, 0.29) is 253 Å². The van der Waals surface area contributed by atoms with E-state index < -0.39 is 41.9 Å². The summed E-state index contributed by atoms with van der Waals surface area (Å²) in [7, 11) is 0. The quantitative estimate of drug-likeness (QED) is 0.0296. The number of Topliss-reactive ketones (excluding diaryl/α,β-unsaturated/α-hetero) is 2. The van der Waals surface area contributed by atoms with Crippen LogP contribution in [-0.2, 0) is 95.4 Å². The summed E-state index contributed by atoms with van der Waals surface area (Å²) >= 11 is 0. The topological polar surface area (TPSA) is 508 Å². The van der Waals surface area contributed by atoms with Gasteiger partial charge >= 0.3 is 23.9 Å². The number of carbonyl (C=O) groups is 14. The molecule has 696 valence electrons. The Balaban J connectivity index is 1.32. The molecule has 0 radical (unpaired) electrons. The molecule has 123 heavy (non-hydrogen) atoms. The molecular weight excluding hydrogens is 1600 g/mol. The molecule has 4 atom stereocenters. The van der Waals surface area contributed by atoms with Crippen molar-refractivity contribution in [1.29, 1.82) is 0 Å². The Labute approximate surface area is 723 Å². The summed E-state index contributed by atoms with van der Waals surface area (Å²) < 4.78 is 54.5. The number of benzene rings is 2. The van der Waals surface area contributed by atoms with E-state index in [1.54, 1.807) is 24.3 Å². The fraction of sp³-hybridized carbons (Fsp3) is 0.701. The van der Waals surface area contributed by atoms with Crippen molar-refractivity contribution in [2.75, 3.05) is 158 Å². The molecule has 2 aromatic rings. The van der Waals surface area contributed by atoms with Crippen LogP contribution in [0.25, 0.3) is 0 Å². The molecule has 0 saturated carbocycles. The Morgan fingerprint density at radius 1 is 0.293 bits per heavy atom. The van der Waals surface area contributed by atoms with Crippen molar-refractivity contribution in [2.45, 2.75) is 225 Å². The van der Waals surface area contributed by atoms with E-state index in [2.05, 4.69) is 42.5 Å². The Hall–Kier alpha value is -9.30. The van der Waals surface area contributed by atoms with Crippen LogP contribution in [0.4, 0.5) is 0 Å². The van der Waals surface area contributed by atoms with Crippen LogP contribution in [0.5, 0.6) is 11.5 Å². The number of nitrogens with one attached hydrogen (secondary N) is 8. The maximum Gasteiger partial charge on any atom is 0.335 e. The van der Waals surface area contributed by atoms with Gasteiger partial charge in [-0.3, -0.25) is 47.9 Å². The van der Waals surface area contributed by atoms with Crippen LogP contribution in [0.15, 0.2) is 48.5 Å². The van der Waals surface area contributed by atoms with Gasteiger partial charge in [-0.1, -0.05) is 110 Å². The monoisotopic (exact) mass is 1740 g/mol. The summed E-state index contributed by atoms with van der Waals surface area (Å²) in [6, 6.07) is 10.3. The molecule has 0 aliphatic rings. The van der Waals surface area contributed by atoms with E-state index in [4.69, 9.17) is 57.6 Å². The highest BCUT2D eigenvalue weighted by molar-refractivity contribution is 5.89. The second-order valence-corrected chi connectivity index (χ2v) is 29.8. The Morgan fingerprint density at radius 2 is 0.585 bits per heavy atom. The zero-order valence-corrected chi connectivity index (χ0v) is 72.4. The molecule has 36 nitrogen and oxygen atoms in total. The van der Waals surface area contributed by atoms with Gasteiger partial charge in [0.15, 0.2) is 0 Å². The average molecular weight is 1750 g/mol. The number of carbonyl (C=O) groups excluding carboxylic acids is 10. The predicted molar refractivity (Wildman–Crippen MR) is 453 cm³/mol. The van der Waals surface area contributed by atoms with E-state index in [1.165, 1.54) is 31.2 Å². The second-order valence-electron chi connectivity index (χ2n) is 29.8. The number of aromatic carboxylic acids is 2. The zero-order valence-electron chi connectivity index (χ0n) is 72.4. The van der Waals surface area contributed by atoms with Crippen LogP contribution in [0, 0.1) is 11.8 Å². The van der Waals surface area contributed by atoms with Gasteiger partial charge in [0.05, 0.1) is 104 Å².